The molecule has 2 aromatic carbocycles. The van der Waals surface area contributed by atoms with E-state index in [0.717, 1.165) is 16.7 Å². The molecule has 132 valence electrons. The van der Waals surface area contributed by atoms with Crippen LogP contribution in [0.15, 0.2) is 54.6 Å². The Morgan fingerprint density at radius 2 is 1.60 bits per heavy atom. The second-order valence-corrected chi connectivity index (χ2v) is 6.01. The van der Waals surface area contributed by atoms with Crippen molar-refractivity contribution in [1.82, 2.24) is 10.6 Å². The molecule has 2 aromatic rings. The van der Waals surface area contributed by atoms with Gasteiger partial charge in [-0.05, 0) is 37.5 Å². The lowest BCUT2D eigenvalue weighted by Crippen LogP contribution is -2.45. The molecule has 0 aliphatic heterocycles. The van der Waals surface area contributed by atoms with Crippen LogP contribution in [-0.4, -0.2) is 18.0 Å². The molecule has 1 unspecified atom stereocenters. The maximum absolute atomic E-state index is 12.3. The lowest BCUT2D eigenvalue weighted by atomic mass is 10.0. The van der Waals surface area contributed by atoms with Gasteiger partial charge in [-0.1, -0.05) is 54.6 Å². The summed E-state index contributed by atoms with van der Waals surface area (Å²) in [5.74, 6) is -0.257. The molecule has 0 aliphatic carbocycles. The maximum Gasteiger partial charge on any atom is 0.408 e. The Hall–Kier alpha value is -2.82. The van der Waals surface area contributed by atoms with E-state index in [1.54, 1.807) is 6.92 Å². The molecule has 2 rings (SSSR count). The fourth-order valence-electron chi connectivity index (χ4n) is 2.50. The van der Waals surface area contributed by atoms with Crippen LogP contribution in [0, 0.1) is 6.92 Å². The highest BCUT2D eigenvalue weighted by atomic mass is 16.5. The molecule has 0 saturated carbocycles. The van der Waals surface area contributed by atoms with E-state index in [4.69, 9.17) is 4.74 Å². The van der Waals surface area contributed by atoms with Crippen LogP contribution < -0.4 is 10.6 Å². The predicted molar refractivity (Wildman–Crippen MR) is 97.0 cm³/mol. The molecule has 0 fully saturated rings. The molecule has 0 radical (unpaired) electrons. The lowest BCUT2D eigenvalue weighted by molar-refractivity contribution is -0.123. The van der Waals surface area contributed by atoms with Crippen molar-refractivity contribution in [2.75, 3.05) is 0 Å². The van der Waals surface area contributed by atoms with Crippen molar-refractivity contribution in [1.29, 1.82) is 0 Å². The molecular weight excluding hydrogens is 316 g/mol. The molecule has 5 nitrogen and oxygen atoms in total. The molecule has 25 heavy (non-hydrogen) atoms. The van der Waals surface area contributed by atoms with Crippen LogP contribution in [0.3, 0.4) is 0 Å². The van der Waals surface area contributed by atoms with Crippen LogP contribution in [0.4, 0.5) is 4.79 Å². The Bertz CT molecular complexity index is 716. The summed E-state index contributed by atoms with van der Waals surface area (Å²) >= 11 is 0. The molecule has 0 bridgehead atoms. The molecule has 0 spiro atoms. The number of rotatable bonds is 6. The van der Waals surface area contributed by atoms with Crippen LogP contribution in [0.5, 0.6) is 0 Å². The summed E-state index contributed by atoms with van der Waals surface area (Å²) in [6.45, 7) is 5.71. The van der Waals surface area contributed by atoms with Gasteiger partial charge < -0.3 is 15.4 Å². The van der Waals surface area contributed by atoms with Gasteiger partial charge in [-0.25, -0.2) is 4.79 Å². The number of benzene rings is 2. The second kappa shape index (κ2) is 8.87. The Labute approximate surface area is 148 Å². The van der Waals surface area contributed by atoms with Crippen molar-refractivity contribution >= 4 is 12.0 Å². The number of carbonyl (C=O) groups excluding carboxylic acids is 2. The predicted octanol–water partition coefficient (Wildman–Crippen LogP) is 3.49. The number of nitrogens with one attached hydrogen (secondary N) is 2. The zero-order valence-electron chi connectivity index (χ0n) is 14.8. The summed E-state index contributed by atoms with van der Waals surface area (Å²) < 4.78 is 5.13. The van der Waals surface area contributed by atoms with E-state index in [2.05, 4.69) is 10.6 Å². The molecule has 0 heterocycles. The van der Waals surface area contributed by atoms with Crippen molar-refractivity contribution in [3.05, 3.63) is 71.3 Å². The van der Waals surface area contributed by atoms with Gasteiger partial charge in [0.1, 0.15) is 12.6 Å². The molecule has 0 aromatic heterocycles. The fraction of sp³-hybridized carbons (Fsp3) is 0.300. The molecule has 2 atom stereocenters. The highest BCUT2D eigenvalue weighted by Gasteiger charge is 2.19. The summed E-state index contributed by atoms with van der Waals surface area (Å²) in [7, 11) is 0. The lowest BCUT2D eigenvalue weighted by Gasteiger charge is -2.20. The number of hydrogen-bond donors (Lipinski definition) is 2. The summed E-state index contributed by atoms with van der Waals surface area (Å²) in [6.07, 6.45) is -0.616. The number of hydrogen-bond acceptors (Lipinski definition) is 3. The van der Waals surface area contributed by atoms with Gasteiger partial charge in [-0.3, -0.25) is 4.79 Å². The van der Waals surface area contributed by atoms with E-state index in [0.29, 0.717) is 0 Å². The summed E-state index contributed by atoms with van der Waals surface area (Å²) in [5.41, 5.74) is 3.05. The second-order valence-electron chi connectivity index (χ2n) is 6.01. The highest BCUT2D eigenvalue weighted by molar-refractivity contribution is 5.85. The molecule has 0 saturated heterocycles. The summed E-state index contributed by atoms with van der Waals surface area (Å²) in [5, 5.41) is 5.45. The smallest absolute Gasteiger partial charge is 0.408 e. The SMILES string of the molecule is Cc1ccccc1C(C)NC(=O)[C@H](C)NC(=O)OCc1ccccc1. The van der Waals surface area contributed by atoms with Crippen LogP contribution in [-0.2, 0) is 16.1 Å². The molecule has 2 N–H and O–H groups in total. The first kappa shape index (κ1) is 18.5. The Morgan fingerprint density at radius 1 is 0.960 bits per heavy atom. The first-order chi connectivity index (χ1) is 12.0. The zero-order valence-corrected chi connectivity index (χ0v) is 14.8. The van der Waals surface area contributed by atoms with E-state index in [1.807, 2.05) is 68.4 Å². The third kappa shape index (κ3) is 5.64. The van der Waals surface area contributed by atoms with E-state index >= 15 is 0 Å². The van der Waals surface area contributed by atoms with E-state index in [9.17, 15) is 9.59 Å². The minimum atomic E-state index is -0.685. The van der Waals surface area contributed by atoms with Gasteiger partial charge in [0, 0.05) is 0 Å². The minimum Gasteiger partial charge on any atom is -0.445 e. The largest absolute Gasteiger partial charge is 0.445 e. The third-order valence-electron chi connectivity index (χ3n) is 3.95. The van der Waals surface area contributed by atoms with Crippen LogP contribution >= 0.6 is 0 Å². The van der Waals surface area contributed by atoms with Gasteiger partial charge >= 0.3 is 6.09 Å². The topological polar surface area (TPSA) is 67.4 Å². The van der Waals surface area contributed by atoms with E-state index in [-0.39, 0.29) is 18.6 Å². The van der Waals surface area contributed by atoms with E-state index < -0.39 is 12.1 Å². The Kier molecular flexibility index (Phi) is 6.57. The quantitative estimate of drug-likeness (QED) is 0.846. The van der Waals surface area contributed by atoms with Gasteiger partial charge in [0.15, 0.2) is 0 Å². The van der Waals surface area contributed by atoms with Crippen molar-refractivity contribution in [3.8, 4) is 0 Å². The highest BCUT2D eigenvalue weighted by Crippen LogP contribution is 2.16. The van der Waals surface area contributed by atoms with Gasteiger partial charge in [0.25, 0.3) is 0 Å². The van der Waals surface area contributed by atoms with Crippen LogP contribution in [0.25, 0.3) is 0 Å². The Morgan fingerprint density at radius 3 is 2.28 bits per heavy atom. The van der Waals surface area contributed by atoms with Crippen molar-refractivity contribution in [2.45, 2.75) is 39.5 Å². The van der Waals surface area contributed by atoms with Crippen LogP contribution in [0.1, 0.15) is 36.6 Å². The first-order valence-corrected chi connectivity index (χ1v) is 8.30. The normalized spacial score (nSPS) is 12.8. The van der Waals surface area contributed by atoms with Gasteiger partial charge in [0.05, 0.1) is 6.04 Å². The molecule has 0 aliphatic rings. The fourth-order valence-corrected chi connectivity index (χ4v) is 2.50. The number of amides is 2. The maximum atomic E-state index is 12.3. The Balaban J connectivity index is 1.81. The third-order valence-corrected chi connectivity index (χ3v) is 3.95. The zero-order chi connectivity index (χ0) is 18.2. The van der Waals surface area contributed by atoms with Crippen molar-refractivity contribution in [2.24, 2.45) is 0 Å². The van der Waals surface area contributed by atoms with Gasteiger partial charge in [0.2, 0.25) is 5.91 Å². The standard InChI is InChI=1S/C20H24N2O3/c1-14-9-7-8-12-18(14)15(2)21-19(23)16(3)22-20(24)25-13-17-10-5-4-6-11-17/h4-12,15-16H,13H2,1-3H3,(H,21,23)(H,22,24)/t15?,16-/m0/s1. The van der Waals surface area contributed by atoms with E-state index in [1.165, 1.54) is 0 Å². The summed E-state index contributed by atoms with van der Waals surface area (Å²) in [6, 6.07) is 16.4. The average molecular weight is 340 g/mol. The monoisotopic (exact) mass is 340 g/mol. The van der Waals surface area contributed by atoms with Gasteiger partial charge in [-0.2, -0.15) is 0 Å². The summed E-state index contributed by atoms with van der Waals surface area (Å²) in [4.78, 5) is 24.1. The van der Waals surface area contributed by atoms with Gasteiger partial charge in [-0.15, -0.1) is 0 Å². The molecular formula is C20H24N2O3. The first-order valence-electron chi connectivity index (χ1n) is 8.30. The minimum absolute atomic E-state index is 0.140. The number of aryl methyl sites for hydroxylation is 1. The van der Waals surface area contributed by atoms with Crippen LogP contribution in [0.2, 0.25) is 0 Å². The van der Waals surface area contributed by atoms with Crippen molar-refractivity contribution < 1.29 is 14.3 Å². The molecule has 5 heteroatoms. The number of carbonyl (C=O) groups is 2. The van der Waals surface area contributed by atoms with Crippen molar-refractivity contribution in [3.63, 3.8) is 0 Å². The average Bonchev–Trinajstić information content (AvgIpc) is 2.61. The molecule has 2 amide bonds. The number of alkyl carbamates (subject to hydrolysis) is 1. The number of ether oxygens (including phenoxy) is 1.